The van der Waals surface area contributed by atoms with Crippen molar-refractivity contribution in [2.45, 2.75) is 26.0 Å². The zero-order valence-electron chi connectivity index (χ0n) is 9.62. The fraction of sp³-hybridized carbons (Fsp3) is 0.417. The molecule has 0 saturated heterocycles. The van der Waals surface area contributed by atoms with Gasteiger partial charge in [-0.3, -0.25) is 0 Å². The molecule has 1 aromatic carbocycles. The number of benzene rings is 1. The summed E-state index contributed by atoms with van der Waals surface area (Å²) >= 11 is 3.40. The molecular weight excluding hydrogens is 268 g/mol. The van der Waals surface area contributed by atoms with Gasteiger partial charge in [-0.2, -0.15) is 5.26 Å². The Bertz CT molecular complexity index is 400. The molecule has 0 spiro atoms. The summed E-state index contributed by atoms with van der Waals surface area (Å²) in [5, 5.41) is 11.9. The van der Waals surface area contributed by atoms with E-state index in [9.17, 15) is 0 Å². The van der Waals surface area contributed by atoms with Crippen molar-refractivity contribution in [1.82, 2.24) is 5.32 Å². The average molecular weight is 283 g/mol. The van der Waals surface area contributed by atoms with Gasteiger partial charge >= 0.3 is 0 Å². The molecule has 0 heterocycles. The van der Waals surface area contributed by atoms with Crippen molar-refractivity contribution in [2.75, 3.05) is 7.05 Å². The van der Waals surface area contributed by atoms with E-state index in [-0.39, 0.29) is 6.04 Å². The largest absolute Gasteiger partial charge is 0.475 e. The first-order valence-corrected chi connectivity index (χ1v) is 5.90. The van der Waals surface area contributed by atoms with E-state index in [0.29, 0.717) is 0 Å². The number of ether oxygens (including phenoxy) is 1. The standard InChI is InChI=1S/C12H15BrN2O/c1-8(7-14)16-12-6-10(13)4-5-11(12)9(2)15-3/h4-6,8-9,15H,1-3H3. The Morgan fingerprint density at radius 2 is 2.12 bits per heavy atom. The molecule has 3 nitrogen and oxygen atoms in total. The lowest BCUT2D eigenvalue weighted by atomic mass is 10.1. The lowest BCUT2D eigenvalue weighted by Crippen LogP contribution is -2.16. The van der Waals surface area contributed by atoms with Crippen LogP contribution in [0.4, 0.5) is 0 Å². The van der Waals surface area contributed by atoms with Crippen molar-refractivity contribution in [2.24, 2.45) is 0 Å². The van der Waals surface area contributed by atoms with Gasteiger partial charge in [-0.15, -0.1) is 0 Å². The first-order chi connectivity index (χ1) is 7.58. The van der Waals surface area contributed by atoms with Crippen LogP contribution in [0.3, 0.4) is 0 Å². The molecule has 0 saturated carbocycles. The Labute approximate surface area is 105 Å². The smallest absolute Gasteiger partial charge is 0.181 e. The van der Waals surface area contributed by atoms with Crippen LogP contribution in [0.2, 0.25) is 0 Å². The third kappa shape index (κ3) is 3.22. The van der Waals surface area contributed by atoms with Gasteiger partial charge in [0.1, 0.15) is 11.8 Å². The highest BCUT2D eigenvalue weighted by molar-refractivity contribution is 9.10. The Balaban J connectivity index is 3.04. The molecular formula is C12H15BrN2O. The van der Waals surface area contributed by atoms with Gasteiger partial charge in [0.15, 0.2) is 6.10 Å². The summed E-state index contributed by atoms with van der Waals surface area (Å²) in [7, 11) is 1.89. The van der Waals surface area contributed by atoms with E-state index in [4.69, 9.17) is 10.00 Å². The van der Waals surface area contributed by atoms with E-state index in [1.54, 1.807) is 6.92 Å². The number of nitrogens with one attached hydrogen (secondary N) is 1. The molecule has 0 aliphatic rings. The minimum absolute atomic E-state index is 0.189. The maximum absolute atomic E-state index is 8.75. The highest BCUT2D eigenvalue weighted by atomic mass is 79.9. The highest BCUT2D eigenvalue weighted by Crippen LogP contribution is 2.29. The van der Waals surface area contributed by atoms with Crippen LogP contribution in [0.1, 0.15) is 25.5 Å². The predicted molar refractivity (Wildman–Crippen MR) is 67.3 cm³/mol. The van der Waals surface area contributed by atoms with Crippen molar-refractivity contribution in [3.05, 3.63) is 28.2 Å². The molecule has 2 unspecified atom stereocenters. The summed E-state index contributed by atoms with van der Waals surface area (Å²) in [6.07, 6.45) is -0.447. The monoisotopic (exact) mass is 282 g/mol. The number of halogens is 1. The summed E-state index contributed by atoms with van der Waals surface area (Å²) in [5.74, 6) is 0.741. The molecule has 0 aromatic heterocycles. The number of hydrogen-bond acceptors (Lipinski definition) is 3. The molecule has 0 aliphatic carbocycles. The molecule has 0 fully saturated rings. The zero-order chi connectivity index (χ0) is 12.1. The molecule has 86 valence electrons. The summed E-state index contributed by atoms with van der Waals surface area (Å²) in [6.45, 7) is 3.78. The SMILES string of the molecule is CNC(C)c1ccc(Br)cc1OC(C)C#N. The van der Waals surface area contributed by atoms with Gasteiger partial charge in [0.05, 0.1) is 0 Å². The molecule has 2 atom stereocenters. The molecule has 16 heavy (non-hydrogen) atoms. The fourth-order valence-electron chi connectivity index (χ4n) is 1.34. The summed E-state index contributed by atoms with van der Waals surface area (Å²) < 4.78 is 6.51. The molecule has 4 heteroatoms. The summed E-state index contributed by atoms with van der Waals surface area (Å²) in [5.41, 5.74) is 1.05. The molecule has 1 rings (SSSR count). The van der Waals surface area contributed by atoms with Crippen LogP contribution in [0.5, 0.6) is 5.75 Å². The van der Waals surface area contributed by atoms with E-state index in [1.165, 1.54) is 0 Å². The maximum Gasteiger partial charge on any atom is 0.181 e. The van der Waals surface area contributed by atoms with E-state index in [0.717, 1.165) is 15.8 Å². The lowest BCUT2D eigenvalue weighted by Gasteiger charge is -2.17. The quantitative estimate of drug-likeness (QED) is 0.923. The normalized spacial score (nSPS) is 13.9. The molecule has 0 amide bonds. The Kier molecular flexibility index (Phi) is 4.78. The van der Waals surface area contributed by atoms with Crippen LogP contribution < -0.4 is 10.1 Å². The van der Waals surface area contributed by atoms with E-state index in [1.807, 2.05) is 32.2 Å². The van der Waals surface area contributed by atoms with Crippen molar-refractivity contribution < 1.29 is 4.74 Å². The van der Waals surface area contributed by atoms with Crippen LogP contribution in [0.15, 0.2) is 22.7 Å². The third-order valence-corrected chi connectivity index (χ3v) is 2.85. The fourth-order valence-corrected chi connectivity index (χ4v) is 1.68. The Morgan fingerprint density at radius 1 is 1.44 bits per heavy atom. The van der Waals surface area contributed by atoms with Gasteiger partial charge in [-0.25, -0.2) is 0 Å². The van der Waals surface area contributed by atoms with Gasteiger partial charge in [0.25, 0.3) is 0 Å². The maximum atomic E-state index is 8.75. The first-order valence-electron chi connectivity index (χ1n) is 5.11. The zero-order valence-corrected chi connectivity index (χ0v) is 11.2. The van der Waals surface area contributed by atoms with Gasteiger partial charge < -0.3 is 10.1 Å². The first kappa shape index (κ1) is 13.0. The Hall–Kier alpha value is -1.05. The number of rotatable bonds is 4. The minimum Gasteiger partial charge on any atom is -0.475 e. The minimum atomic E-state index is -0.447. The van der Waals surface area contributed by atoms with E-state index >= 15 is 0 Å². The molecule has 1 aromatic rings. The average Bonchev–Trinajstić information content (AvgIpc) is 2.28. The van der Waals surface area contributed by atoms with Crippen LogP contribution in [-0.4, -0.2) is 13.2 Å². The summed E-state index contributed by atoms with van der Waals surface area (Å²) in [4.78, 5) is 0. The van der Waals surface area contributed by atoms with Crippen molar-refractivity contribution in [3.63, 3.8) is 0 Å². The van der Waals surface area contributed by atoms with Gasteiger partial charge in [0, 0.05) is 16.1 Å². The third-order valence-electron chi connectivity index (χ3n) is 2.36. The van der Waals surface area contributed by atoms with Gasteiger partial charge in [0.2, 0.25) is 0 Å². The van der Waals surface area contributed by atoms with Crippen LogP contribution in [0.25, 0.3) is 0 Å². The van der Waals surface area contributed by atoms with E-state index < -0.39 is 6.10 Å². The summed E-state index contributed by atoms with van der Waals surface area (Å²) in [6, 6.07) is 8.09. The molecule has 1 N–H and O–H groups in total. The number of hydrogen-bond donors (Lipinski definition) is 1. The second-order valence-electron chi connectivity index (χ2n) is 3.58. The molecule has 0 aliphatic heterocycles. The van der Waals surface area contributed by atoms with Crippen molar-refractivity contribution in [1.29, 1.82) is 5.26 Å². The topological polar surface area (TPSA) is 45.0 Å². The Morgan fingerprint density at radius 3 is 2.69 bits per heavy atom. The van der Waals surface area contributed by atoms with Crippen LogP contribution in [0, 0.1) is 11.3 Å². The van der Waals surface area contributed by atoms with Crippen molar-refractivity contribution in [3.8, 4) is 11.8 Å². The second kappa shape index (κ2) is 5.88. The number of nitriles is 1. The van der Waals surface area contributed by atoms with Crippen LogP contribution in [-0.2, 0) is 0 Å². The highest BCUT2D eigenvalue weighted by Gasteiger charge is 2.12. The van der Waals surface area contributed by atoms with Gasteiger partial charge in [-0.05, 0) is 33.0 Å². The molecule has 0 bridgehead atoms. The van der Waals surface area contributed by atoms with Gasteiger partial charge in [-0.1, -0.05) is 22.0 Å². The predicted octanol–water partition coefficient (Wildman–Crippen LogP) is 3.02. The number of nitrogens with zero attached hydrogens (tertiary/aromatic N) is 1. The van der Waals surface area contributed by atoms with E-state index in [2.05, 4.69) is 27.3 Å². The second-order valence-corrected chi connectivity index (χ2v) is 4.50. The van der Waals surface area contributed by atoms with Crippen LogP contribution >= 0.6 is 15.9 Å². The van der Waals surface area contributed by atoms with Crippen molar-refractivity contribution >= 4 is 15.9 Å². The molecule has 0 radical (unpaired) electrons. The lowest BCUT2D eigenvalue weighted by molar-refractivity contribution is 0.271.